The Morgan fingerprint density at radius 1 is 1.06 bits per heavy atom. The van der Waals surface area contributed by atoms with Crippen molar-refractivity contribution in [2.75, 3.05) is 16.8 Å². The van der Waals surface area contributed by atoms with Crippen LogP contribution in [0.15, 0.2) is 54.6 Å². The molecule has 0 aliphatic carbocycles. The lowest BCUT2D eigenvalue weighted by molar-refractivity contribution is -0.107. The van der Waals surface area contributed by atoms with Crippen molar-refractivity contribution in [3.63, 3.8) is 0 Å². The summed E-state index contributed by atoms with van der Waals surface area (Å²) >= 11 is 0. The van der Waals surface area contributed by atoms with E-state index in [4.69, 9.17) is 0 Å². The van der Waals surface area contributed by atoms with E-state index in [1.165, 1.54) is 17.7 Å². The zero-order chi connectivity index (χ0) is 21.8. The minimum atomic E-state index is -0.300. The maximum absolute atomic E-state index is 14.3. The fourth-order valence-corrected chi connectivity index (χ4v) is 4.28. The van der Waals surface area contributed by atoms with Crippen LogP contribution in [0.4, 0.5) is 25.8 Å². The lowest BCUT2D eigenvalue weighted by atomic mass is 9.94. The summed E-state index contributed by atoms with van der Waals surface area (Å²) in [6.07, 6.45) is 3.56. The Hall–Kier alpha value is -3.21. The Morgan fingerprint density at radius 2 is 1.90 bits per heavy atom. The van der Waals surface area contributed by atoms with Gasteiger partial charge >= 0.3 is 0 Å². The maximum atomic E-state index is 14.3. The van der Waals surface area contributed by atoms with Crippen molar-refractivity contribution in [3.05, 3.63) is 88.5 Å². The molecule has 160 valence electrons. The summed E-state index contributed by atoms with van der Waals surface area (Å²) in [6.45, 7) is 3.50. The Bertz CT molecular complexity index is 1100. The van der Waals surface area contributed by atoms with Gasteiger partial charge in [-0.15, -0.1) is 0 Å². The summed E-state index contributed by atoms with van der Waals surface area (Å²) in [4.78, 5) is 12.7. The van der Waals surface area contributed by atoms with Gasteiger partial charge < -0.3 is 15.0 Å². The molecule has 1 heterocycles. The third-order valence-electron chi connectivity index (χ3n) is 5.91. The molecule has 3 nitrogen and oxygen atoms in total. The number of benzene rings is 3. The first-order chi connectivity index (χ1) is 15.1. The second-order valence-corrected chi connectivity index (χ2v) is 7.96. The van der Waals surface area contributed by atoms with Gasteiger partial charge in [-0.1, -0.05) is 24.3 Å². The van der Waals surface area contributed by atoms with Gasteiger partial charge in [0.05, 0.1) is 0 Å². The molecule has 5 heteroatoms. The normalized spacial score (nSPS) is 13.1. The molecule has 0 spiro atoms. The third kappa shape index (κ3) is 4.61. The molecule has 0 aromatic heterocycles. The topological polar surface area (TPSA) is 32.3 Å². The number of halogens is 2. The second-order valence-electron chi connectivity index (χ2n) is 7.96. The van der Waals surface area contributed by atoms with Crippen LogP contribution in [-0.4, -0.2) is 12.8 Å². The van der Waals surface area contributed by atoms with Crippen LogP contribution in [0.2, 0.25) is 0 Å². The molecular formula is C26H26F2N2O. The van der Waals surface area contributed by atoms with Gasteiger partial charge in [-0.05, 0) is 78.8 Å². The van der Waals surface area contributed by atoms with E-state index >= 15 is 0 Å². The number of anilines is 3. The predicted molar refractivity (Wildman–Crippen MR) is 121 cm³/mol. The Labute approximate surface area is 181 Å². The average molecular weight is 421 g/mol. The summed E-state index contributed by atoms with van der Waals surface area (Å²) < 4.78 is 28.1. The molecule has 0 bridgehead atoms. The first-order valence-electron chi connectivity index (χ1n) is 10.7. The van der Waals surface area contributed by atoms with E-state index in [0.717, 1.165) is 48.2 Å². The van der Waals surface area contributed by atoms with Crippen LogP contribution < -0.4 is 10.2 Å². The van der Waals surface area contributed by atoms with Crippen LogP contribution >= 0.6 is 0 Å². The van der Waals surface area contributed by atoms with Gasteiger partial charge in [0.2, 0.25) is 0 Å². The fourth-order valence-electron chi connectivity index (χ4n) is 4.28. The highest BCUT2D eigenvalue weighted by molar-refractivity contribution is 5.72. The van der Waals surface area contributed by atoms with Gasteiger partial charge in [-0.3, -0.25) is 0 Å². The van der Waals surface area contributed by atoms with E-state index in [0.29, 0.717) is 30.6 Å². The summed E-state index contributed by atoms with van der Waals surface area (Å²) in [7, 11) is 0. The molecule has 1 N–H and O–H groups in total. The fraction of sp³-hybridized carbons (Fsp3) is 0.269. The summed E-state index contributed by atoms with van der Waals surface area (Å²) in [5, 5.41) is 3.31. The van der Waals surface area contributed by atoms with Crippen LogP contribution in [0, 0.1) is 18.6 Å². The van der Waals surface area contributed by atoms with Gasteiger partial charge in [0, 0.05) is 36.6 Å². The maximum Gasteiger partial charge on any atom is 0.128 e. The van der Waals surface area contributed by atoms with Crippen molar-refractivity contribution in [2.24, 2.45) is 0 Å². The largest absolute Gasteiger partial charge is 0.381 e. The van der Waals surface area contributed by atoms with E-state index in [9.17, 15) is 13.6 Å². The number of aryl methyl sites for hydroxylation is 2. The zero-order valence-electron chi connectivity index (χ0n) is 17.6. The molecule has 1 aliphatic rings. The smallest absolute Gasteiger partial charge is 0.128 e. The molecular weight excluding hydrogens is 394 g/mol. The highest BCUT2D eigenvalue weighted by atomic mass is 19.1. The van der Waals surface area contributed by atoms with Crippen molar-refractivity contribution < 1.29 is 13.6 Å². The minimum Gasteiger partial charge on any atom is -0.381 e. The van der Waals surface area contributed by atoms with E-state index < -0.39 is 0 Å². The number of fused-ring (bicyclic) bond motifs is 1. The number of nitrogens with one attached hydrogen (secondary N) is 1. The molecule has 0 amide bonds. The zero-order valence-corrected chi connectivity index (χ0v) is 17.6. The monoisotopic (exact) mass is 420 g/mol. The van der Waals surface area contributed by atoms with E-state index in [-0.39, 0.29) is 11.6 Å². The first kappa shape index (κ1) is 21.0. The minimum absolute atomic E-state index is 0.237. The van der Waals surface area contributed by atoms with Crippen molar-refractivity contribution in [3.8, 4) is 0 Å². The summed E-state index contributed by atoms with van der Waals surface area (Å²) in [6, 6.07) is 16.0. The van der Waals surface area contributed by atoms with Gasteiger partial charge in [0.25, 0.3) is 0 Å². The SMILES string of the molecule is Cc1c(CNc2ccc(CCC=O)c(F)c2)ccc2c1N(c1cccc(F)c1)CCC2. The Morgan fingerprint density at radius 3 is 2.68 bits per heavy atom. The Kier molecular flexibility index (Phi) is 6.31. The van der Waals surface area contributed by atoms with Crippen molar-refractivity contribution in [1.82, 2.24) is 0 Å². The molecule has 0 atom stereocenters. The van der Waals surface area contributed by atoms with E-state index in [1.54, 1.807) is 18.2 Å². The van der Waals surface area contributed by atoms with Crippen LogP contribution in [-0.2, 0) is 24.2 Å². The lowest BCUT2D eigenvalue weighted by Crippen LogP contribution is -2.26. The van der Waals surface area contributed by atoms with Crippen molar-refractivity contribution in [2.45, 2.75) is 39.2 Å². The molecule has 0 radical (unpaired) electrons. The summed E-state index contributed by atoms with van der Waals surface area (Å²) in [5.41, 5.74) is 6.79. The van der Waals surface area contributed by atoms with Gasteiger partial charge in [-0.25, -0.2) is 8.78 Å². The number of rotatable bonds is 7. The average Bonchev–Trinajstić information content (AvgIpc) is 2.78. The predicted octanol–water partition coefficient (Wildman–Crippen LogP) is 6.10. The number of carbonyl (C=O) groups excluding carboxylic acids is 1. The van der Waals surface area contributed by atoms with Crippen LogP contribution in [0.1, 0.15) is 35.1 Å². The molecule has 0 unspecified atom stereocenters. The molecule has 0 fully saturated rings. The summed E-state index contributed by atoms with van der Waals surface area (Å²) in [5.74, 6) is -0.537. The van der Waals surface area contributed by atoms with Gasteiger partial charge in [-0.2, -0.15) is 0 Å². The standard InChI is InChI=1S/C26H26F2N2O/c1-18-21(17-29-23-12-11-19(6-4-14-31)25(28)16-23)10-9-20-5-3-13-30(26(18)20)24-8-2-7-22(27)15-24/h2,7-12,14-16,29H,3-6,13,17H2,1H3. The number of aldehydes is 1. The highest BCUT2D eigenvalue weighted by Gasteiger charge is 2.22. The van der Waals surface area contributed by atoms with Crippen molar-refractivity contribution >= 4 is 23.3 Å². The van der Waals surface area contributed by atoms with E-state index in [2.05, 4.69) is 29.3 Å². The van der Waals surface area contributed by atoms with Crippen LogP contribution in [0.3, 0.4) is 0 Å². The molecule has 1 aliphatic heterocycles. The lowest BCUT2D eigenvalue weighted by Gasteiger charge is -2.34. The molecule has 4 rings (SSSR count). The molecule has 3 aromatic carbocycles. The number of hydrogen-bond acceptors (Lipinski definition) is 3. The number of nitrogens with zero attached hydrogens (tertiary/aromatic N) is 1. The highest BCUT2D eigenvalue weighted by Crippen LogP contribution is 2.38. The van der Waals surface area contributed by atoms with Gasteiger partial charge in [0.1, 0.15) is 17.9 Å². The quantitative estimate of drug-likeness (QED) is 0.469. The number of carbonyl (C=O) groups is 1. The second kappa shape index (κ2) is 9.29. The first-order valence-corrected chi connectivity index (χ1v) is 10.7. The number of hydrogen-bond donors (Lipinski definition) is 1. The molecule has 31 heavy (non-hydrogen) atoms. The van der Waals surface area contributed by atoms with Crippen molar-refractivity contribution in [1.29, 1.82) is 0 Å². The third-order valence-corrected chi connectivity index (χ3v) is 5.91. The Balaban J connectivity index is 1.56. The molecule has 0 saturated carbocycles. The van der Waals surface area contributed by atoms with Crippen LogP contribution in [0.5, 0.6) is 0 Å². The van der Waals surface area contributed by atoms with Gasteiger partial charge in [0.15, 0.2) is 0 Å². The van der Waals surface area contributed by atoms with Crippen LogP contribution in [0.25, 0.3) is 0 Å². The molecule has 3 aromatic rings. The van der Waals surface area contributed by atoms with E-state index in [1.807, 2.05) is 12.1 Å². The molecule has 0 saturated heterocycles.